The van der Waals surface area contributed by atoms with Crippen molar-refractivity contribution in [1.29, 1.82) is 0 Å². The van der Waals surface area contributed by atoms with E-state index in [-0.39, 0.29) is 17.4 Å². The molecule has 0 atom stereocenters. The average molecular weight is 228 g/mol. The molecule has 1 aliphatic rings. The minimum atomic E-state index is 0.0365. The van der Waals surface area contributed by atoms with Gasteiger partial charge in [-0.25, -0.2) is 9.97 Å². The van der Waals surface area contributed by atoms with Crippen molar-refractivity contribution in [1.82, 2.24) is 9.97 Å². The third-order valence-electron chi connectivity index (χ3n) is 2.19. The Morgan fingerprint density at radius 1 is 1.53 bits per heavy atom. The number of ether oxygens (including phenoxy) is 1. The van der Waals surface area contributed by atoms with E-state index in [4.69, 9.17) is 17.3 Å². The number of hydrogen-bond acceptors (Lipinski definition) is 5. The highest BCUT2D eigenvalue weighted by Crippen LogP contribution is 2.39. The van der Waals surface area contributed by atoms with Crippen LogP contribution in [-0.2, 0) is 16.1 Å². The van der Waals surface area contributed by atoms with E-state index in [1.165, 1.54) is 0 Å². The number of nitrogen functional groups attached to an aromatic ring is 1. The minimum Gasteiger partial charge on any atom is -0.461 e. The van der Waals surface area contributed by atoms with E-state index in [2.05, 4.69) is 14.7 Å². The predicted octanol–water partition coefficient (Wildman–Crippen LogP) is 1.26. The zero-order chi connectivity index (χ0) is 10.8. The van der Waals surface area contributed by atoms with Crippen LogP contribution in [0.2, 0.25) is 5.02 Å². The second-order valence-corrected chi connectivity index (χ2v) is 3.79. The van der Waals surface area contributed by atoms with Crippen molar-refractivity contribution in [2.75, 3.05) is 5.73 Å². The van der Waals surface area contributed by atoms with Gasteiger partial charge in [-0.15, -0.1) is 0 Å². The van der Waals surface area contributed by atoms with Gasteiger partial charge in [-0.05, 0) is 12.8 Å². The molecule has 0 aliphatic heterocycles. The van der Waals surface area contributed by atoms with E-state index in [1.807, 2.05) is 0 Å². The van der Waals surface area contributed by atoms with Gasteiger partial charge >= 0.3 is 0 Å². The summed E-state index contributed by atoms with van der Waals surface area (Å²) in [5, 5.41) is 0.265. The summed E-state index contributed by atoms with van der Waals surface area (Å²) in [5.74, 6) is 1.33. The lowest BCUT2D eigenvalue weighted by Crippen LogP contribution is -2.05. The summed E-state index contributed by atoms with van der Waals surface area (Å²) in [6, 6.07) is 0. The smallest absolute Gasteiger partial charge is 0.293 e. The number of halogens is 1. The Kier molecular flexibility index (Phi) is 2.73. The average Bonchev–Trinajstić information content (AvgIpc) is 3.03. The Labute approximate surface area is 91.6 Å². The fourth-order valence-electron chi connectivity index (χ4n) is 1.27. The molecular weight excluding hydrogens is 218 g/mol. The van der Waals surface area contributed by atoms with Crippen molar-refractivity contribution < 1.29 is 9.53 Å². The quantitative estimate of drug-likeness (QED) is 0.784. The van der Waals surface area contributed by atoms with Crippen molar-refractivity contribution in [3.8, 4) is 0 Å². The summed E-state index contributed by atoms with van der Waals surface area (Å²) < 4.78 is 4.60. The van der Waals surface area contributed by atoms with Crippen molar-refractivity contribution in [3.05, 3.63) is 16.5 Å². The molecule has 0 amide bonds. The summed E-state index contributed by atoms with van der Waals surface area (Å²) in [4.78, 5) is 18.4. The first-order valence-corrected chi connectivity index (χ1v) is 4.97. The van der Waals surface area contributed by atoms with Crippen molar-refractivity contribution in [3.63, 3.8) is 0 Å². The van der Waals surface area contributed by atoms with Gasteiger partial charge < -0.3 is 10.5 Å². The molecule has 0 saturated heterocycles. The standard InChI is InChI=1S/C9H10ClN3O2/c10-7-6(3-15-4-14)12-9(5-1-2-5)13-8(7)11/h4-5H,1-3H2,(H2,11,12,13). The molecule has 1 fully saturated rings. The van der Waals surface area contributed by atoms with Gasteiger partial charge in [-0.3, -0.25) is 4.79 Å². The van der Waals surface area contributed by atoms with Crippen molar-refractivity contribution >= 4 is 23.9 Å². The monoisotopic (exact) mass is 227 g/mol. The molecule has 1 aromatic heterocycles. The molecule has 5 nitrogen and oxygen atoms in total. The summed E-state index contributed by atoms with van der Waals surface area (Å²) in [6.45, 7) is 0.389. The summed E-state index contributed by atoms with van der Waals surface area (Å²) in [6.07, 6.45) is 2.16. The topological polar surface area (TPSA) is 78.1 Å². The lowest BCUT2D eigenvalue weighted by atomic mass is 10.3. The molecule has 0 aromatic carbocycles. The van der Waals surface area contributed by atoms with Crippen LogP contribution in [0.15, 0.2) is 0 Å². The number of carbonyl (C=O) groups excluding carboxylic acids is 1. The van der Waals surface area contributed by atoms with Crippen LogP contribution >= 0.6 is 11.6 Å². The first kappa shape index (κ1) is 10.2. The van der Waals surface area contributed by atoms with Gasteiger partial charge in [0, 0.05) is 5.92 Å². The van der Waals surface area contributed by atoms with Gasteiger partial charge in [0.1, 0.15) is 29.0 Å². The van der Waals surface area contributed by atoms with E-state index < -0.39 is 0 Å². The van der Waals surface area contributed by atoms with Crippen molar-refractivity contribution in [2.45, 2.75) is 25.4 Å². The molecule has 1 aromatic rings. The maximum Gasteiger partial charge on any atom is 0.293 e. The minimum absolute atomic E-state index is 0.0365. The molecule has 15 heavy (non-hydrogen) atoms. The maximum atomic E-state index is 10.1. The molecule has 1 aliphatic carbocycles. The van der Waals surface area contributed by atoms with E-state index in [0.29, 0.717) is 23.9 Å². The number of nitrogens with two attached hydrogens (primary N) is 1. The Hall–Kier alpha value is -1.36. The molecule has 1 heterocycles. The fraction of sp³-hybridized carbons (Fsp3) is 0.444. The molecule has 0 radical (unpaired) electrons. The molecule has 2 rings (SSSR count). The van der Waals surface area contributed by atoms with E-state index in [9.17, 15) is 4.79 Å². The van der Waals surface area contributed by atoms with Gasteiger partial charge in [0.25, 0.3) is 6.47 Å². The van der Waals surface area contributed by atoms with Crippen LogP contribution in [0.3, 0.4) is 0 Å². The summed E-state index contributed by atoms with van der Waals surface area (Å²) >= 11 is 5.88. The molecule has 0 spiro atoms. The fourth-order valence-corrected chi connectivity index (χ4v) is 1.40. The van der Waals surface area contributed by atoms with E-state index >= 15 is 0 Å². The van der Waals surface area contributed by atoms with E-state index in [1.54, 1.807) is 0 Å². The largest absolute Gasteiger partial charge is 0.461 e. The summed E-state index contributed by atoms with van der Waals surface area (Å²) in [7, 11) is 0. The number of rotatable bonds is 4. The molecule has 0 unspecified atom stereocenters. The van der Waals surface area contributed by atoms with Crippen LogP contribution in [0.1, 0.15) is 30.3 Å². The third-order valence-corrected chi connectivity index (χ3v) is 2.61. The second kappa shape index (κ2) is 4.02. The lowest BCUT2D eigenvalue weighted by Gasteiger charge is -2.06. The molecule has 80 valence electrons. The van der Waals surface area contributed by atoms with Crippen LogP contribution in [0.25, 0.3) is 0 Å². The Balaban J connectivity index is 2.28. The number of nitrogens with zero attached hydrogens (tertiary/aromatic N) is 2. The zero-order valence-electron chi connectivity index (χ0n) is 7.94. The van der Waals surface area contributed by atoms with Gasteiger partial charge in [-0.2, -0.15) is 0 Å². The summed E-state index contributed by atoms with van der Waals surface area (Å²) in [5.41, 5.74) is 6.10. The van der Waals surface area contributed by atoms with Gasteiger partial charge in [0.05, 0.1) is 0 Å². The first-order chi connectivity index (χ1) is 7.22. The van der Waals surface area contributed by atoms with Crippen LogP contribution in [-0.4, -0.2) is 16.4 Å². The molecule has 1 saturated carbocycles. The first-order valence-electron chi connectivity index (χ1n) is 4.59. The lowest BCUT2D eigenvalue weighted by molar-refractivity contribution is -0.129. The Bertz CT molecular complexity index is 393. The molecular formula is C9H10ClN3O2. The normalized spacial score (nSPS) is 15.0. The third kappa shape index (κ3) is 2.18. The molecule has 0 bridgehead atoms. The highest BCUT2D eigenvalue weighted by Gasteiger charge is 2.28. The molecule has 2 N–H and O–H groups in total. The SMILES string of the molecule is Nc1nc(C2CC2)nc(COC=O)c1Cl. The van der Waals surface area contributed by atoms with Gasteiger partial charge in [0.15, 0.2) is 0 Å². The number of aromatic nitrogens is 2. The zero-order valence-corrected chi connectivity index (χ0v) is 8.70. The Morgan fingerprint density at radius 2 is 2.27 bits per heavy atom. The van der Waals surface area contributed by atoms with Crippen LogP contribution in [0, 0.1) is 0 Å². The second-order valence-electron chi connectivity index (χ2n) is 3.41. The Morgan fingerprint density at radius 3 is 2.87 bits per heavy atom. The van der Waals surface area contributed by atoms with Gasteiger partial charge in [-0.1, -0.05) is 11.6 Å². The van der Waals surface area contributed by atoms with E-state index in [0.717, 1.165) is 12.8 Å². The highest BCUT2D eigenvalue weighted by molar-refractivity contribution is 6.33. The van der Waals surface area contributed by atoms with Crippen LogP contribution in [0.5, 0.6) is 0 Å². The molecule has 6 heteroatoms. The maximum absolute atomic E-state index is 10.1. The van der Waals surface area contributed by atoms with Gasteiger partial charge in [0.2, 0.25) is 0 Å². The number of carbonyl (C=O) groups is 1. The highest BCUT2D eigenvalue weighted by atomic mass is 35.5. The number of anilines is 1. The van der Waals surface area contributed by atoms with Crippen molar-refractivity contribution in [2.24, 2.45) is 0 Å². The van der Waals surface area contributed by atoms with Crippen LogP contribution in [0.4, 0.5) is 5.82 Å². The number of hydrogen-bond donors (Lipinski definition) is 1. The predicted molar refractivity (Wildman–Crippen MR) is 54.3 cm³/mol. The van der Waals surface area contributed by atoms with Crippen LogP contribution < -0.4 is 5.73 Å².